The van der Waals surface area contributed by atoms with Crippen LogP contribution in [0.25, 0.3) is 0 Å². The number of hydrogen-bond acceptors (Lipinski definition) is 6. The van der Waals surface area contributed by atoms with Crippen molar-refractivity contribution in [3.8, 4) is 0 Å². The standard InChI is InChI=1S/C15H11FN4O3S3/c16-11-9-20(26(22,23)12-7-4-8-25-12)15(21)19-13(11)18-14(24)17-10-5-2-1-3-6-10/h1-9H,(H2,17,18,19,21,24). The number of thiophene rings is 1. The highest BCUT2D eigenvalue weighted by Gasteiger charge is 2.22. The van der Waals surface area contributed by atoms with Gasteiger partial charge in [-0.25, -0.2) is 9.18 Å². The van der Waals surface area contributed by atoms with E-state index in [0.717, 1.165) is 11.3 Å². The van der Waals surface area contributed by atoms with Gasteiger partial charge in [-0.2, -0.15) is 17.4 Å². The molecule has 0 aliphatic heterocycles. The number of hydrogen-bond donors (Lipinski definition) is 2. The first kappa shape index (κ1) is 18.2. The zero-order valence-electron chi connectivity index (χ0n) is 12.9. The predicted octanol–water partition coefficient (Wildman–Crippen LogP) is 2.49. The van der Waals surface area contributed by atoms with E-state index < -0.39 is 27.3 Å². The molecule has 0 radical (unpaired) electrons. The number of thiocarbonyl (C=S) groups is 1. The number of rotatable bonds is 4. The molecule has 7 nitrogen and oxygen atoms in total. The van der Waals surface area contributed by atoms with Gasteiger partial charge in [-0.05, 0) is 35.8 Å². The summed E-state index contributed by atoms with van der Waals surface area (Å²) in [5, 5.41) is 6.77. The molecule has 0 aliphatic carbocycles. The minimum atomic E-state index is -4.20. The van der Waals surface area contributed by atoms with Crippen LogP contribution in [0.15, 0.2) is 63.0 Å². The van der Waals surface area contributed by atoms with Crippen LogP contribution in [0.4, 0.5) is 15.9 Å². The Balaban J connectivity index is 1.86. The maximum atomic E-state index is 14.3. The van der Waals surface area contributed by atoms with Crippen molar-refractivity contribution >= 4 is 50.2 Å². The molecule has 2 aromatic heterocycles. The summed E-state index contributed by atoms with van der Waals surface area (Å²) in [7, 11) is -4.20. The fraction of sp³-hybridized carbons (Fsp3) is 0. The molecule has 0 saturated heterocycles. The van der Waals surface area contributed by atoms with Gasteiger partial charge in [-0.15, -0.1) is 11.3 Å². The van der Waals surface area contributed by atoms with E-state index in [2.05, 4.69) is 15.6 Å². The maximum Gasteiger partial charge on any atom is 0.363 e. The zero-order chi connectivity index (χ0) is 18.7. The van der Waals surface area contributed by atoms with Crippen molar-refractivity contribution in [2.45, 2.75) is 4.21 Å². The van der Waals surface area contributed by atoms with Gasteiger partial charge in [0.1, 0.15) is 4.21 Å². The lowest BCUT2D eigenvalue weighted by atomic mass is 10.3. The highest BCUT2D eigenvalue weighted by Crippen LogP contribution is 2.19. The van der Waals surface area contributed by atoms with E-state index >= 15 is 0 Å². The van der Waals surface area contributed by atoms with Gasteiger partial charge in [-0.3, -0.25) is 0 Å². The smallest absolute Gasteiger partial charge is 0.332 e. The molecule has 3 rings (SSSR count). The van der Waals surface area contributed by atoms with Gasteiger partial charge in [0, 0.05) is 5.69 Å². The highest BCUT2D eigenvalue weighted by molar-refractivity contribution is 7.92. The molecule has 0 spiro atoms. The van der Waals surface area contributed by atoms with Crippen molar-refractivity contribution < 1.29 is 12.8 Å². The average Bonchev–Trinajstić information content (AvgIpc) is 3.14. The van der Waals surface area contributed by atoms with Gasteiger partial charge in [0.05, 0.1) is 6.20 Å². The monoisotopic (exact) mass is 410 g/mol. The molecule has 26 heavy (non-hydrogen) atoms. The summed E-state index contributed by atoms with van der Waals surface area (Å²) < 4.78 is 39.1. The van der Waals surface area contributed by atoms with E-state index in [1.807, 2.05) is 6.07 Å². The summed E-state index contributed by atoms with van der Waals surface area (Å²) in [5.41, 5.74) is -0.496. The van der Waals surface area contributed by atoms with Gasteiger partial charge in [0.2, 0.25) is 0 Å². The minimum absolute atomic E-state index is 0.000800. The van der Waals surface area contributed by atoms with Crippen molar-refractivity contribution in [1.29, 1.82) is 0 Å². The van der Waals surface area contributed by atoms with Crippen LogP contribution < -0.4 is 16.3 Å². The van der Waals surface area contributed by atoms with E-state index in [9.17, 15) is 17.6 Å². The number of nitrogens with one attached hydrogen (secondary N) is 2. The molecule has 2 N–H and O–H groups in total. The van der Waals surface area contributed by atoms with Crippen LogP contribution in [0.5, 0.6) is 0 Å². The van der Waals surface area contributed by atoms with Gasteiger partial charge in [0.15, 0.2) is 16.7 Å². The van der Waals surface area contributed by atoms with Gasteiger partial charge in [0.25, 0.3) is 10.0 Å². The summed E-state index contributed by atoms with van der Waals surface area (Å²) in [6.07, 6.45) is 0.567. The topological polar surface area (TPSA) is 93.1 Å². The molecule has 0 unspecified atom stereocenters. The van der Waals surface area contributed by atoms with Crippen molar-refractivity contribution in [2.75, 3.05) is 10.6 Å². The predicted molar refractivity (Wildman–Crippen MR) is 102 cm³/mol. The number of anilines is 2. The Morgan fingerprint density at radius 3 is 2.54 bits per heavy atom. The third kappa shape index (κ3) is 3.79. The second kappa shape index (κ2) is 7.32. The lowest BCUT2D eigenvalue weighted by Gasteiger charge is -2.11. The van der Waals surface area contributed by atoms with Crippen LogP contribution in [0.1, 0.15) is 0 Å². The molecule has 0 atom stereocenters. The van der Waals surface area contributed by atoms with Crippen LogP contribution in [0, 0.1) is 5.82 Å². The molecule has 2 heterocycles. The van der Waals surface area contributed by atoms with E-state index in [-0.39, 0.29) is 13.3 Å². The first-order valence-electron chi connectivity index (χ1n) is 7.09. The average molecular weight is 410 g/mol. The summed E-state index contributed by atoms with van der Waals surface area (Å²) >= 11 is 5.95. The van der Waals surface area contributed by atoms with Crippen LogP contribution >= 0.6 is 23.6 Å². The first-order valence-corrected chi connectivity index (χ1v) is 9.82. The van der Waals surface area contributed by atoms with E-state index in [0.29, 0.717) is 11.9 Å². The minimum Gasteiger partial charge on any atom is -0.332 e. The Labute approximate surface area is 157 Å². The second-order valence-corrected chi connectivity index (χ2v) is 8.30. The molecular formula is C15H11FN4O3S3. The number of aromatic nitrogens is 2. The summed E-state index contributed by atoms with van der Waals surface area (Å²) in [5.74, 6) is -1.51. The molecule has 3 aromatic rings. The normalized spacial score (nSPS) is 11.1. The molecule has 11 heteroatoms. The SMILES string of the molecule is O=c1nc(NC(=S)Nc2ccccc2)c(F)cn1S(=O)(=O)c1cccs1. The number of benzene rings is 1. The third-order valence-corrected chi connectivity index (χ3v) is 6.33. The Bertz CT molecular complexity index is 1100. The molecule has 0 saturated carbocycles. The number of halogens is 1. The van der Waals surface area contributed by atoms with E-state index in [4.69, 9.17) is 12.2 Å². The van der Waals surface area contributed by atoms with Crippen LogP contribution in [-0.2, 0) is 10.0 Å². The molecule has 0 bridgehead atoms. The lowest BCUT2D eigenvalue weighted by molar-refractivity contribution is 0.574. The van der Waals surface area contributed by atoms with Gasteiger partial charge >= 0.3 is 5.69 Å². The quantitative estimate of drug-likeness (QED) is 0.638. The largest absolute Gasteiger partial charge is 0.363 e. The van der Waals surface area contributed by atoms with Crippen LogP contribution in [0.3, 0.4) is 0 Å². The summed E-state index contributed by atoms with van der Waals surface area (Å²) in [6.45, 7) is 0. The molecule has 0 fully saturated rings. The molecule has 1 aromatic carbocycles. The number of nitrogens with zero attached hydrogens (tertiary/aromatic N) is 2. The zero-order valence-corrected chi connectivity index (χ0v) is 15.4. The summed E-state index contributed by atoms with van der Waals surface area (Å²) in [6, 6.07) is 11.7. The molecule has 0 aliphatic rings. The second-order valence-electron chi connectivity index (χ2n) is 4.90. The fourth-order valence-corrected chi connectivity index (χ4v) is 4.46. The van der Waals surface area contributed by atoms with Crippen LogP contribution in [-0.4, -0.2) is 22.5 Å². The van der Waals surface area contributed by atoms with Crippen molar-refractivity contribution in [2.24, 2.45) is 0 Å². The number of para-hydroxylation sites is 1. The van der Waals surface area contributed by atoms with Crippen LogP contribution in [0.2, 0.25) is 0 Å². The first-order chi connectivity index (χ1) is 12.4. The van der Waals surface area contributed by atoms with Gasteiger partial charge in [-0.1, -0.05) is 24.3 Å². The Hall–Kier alpha value is -2.63. The van der Waals surface area contributed by atoms with Gasteiger partial charge < -0.3 is 10.6 Å². The van der Waals surface area contributed by atoms with Crippen molar-refractivity contribution in [3.05, 3.63) is 70.3 Å². The lowest BCUT2D eigenvalue weighted by Crippen LogP contribution is -2.31. The maximum absolute atomic E-state index is 14.3. The fourth-order valence-electron chi connectivity index (χ4n) is 1.98. The van der Waals surface area contributed by atoms with Crippen molar-refractivity contribution in [3.63, 3.8) is 0 Å². The Morgan fingerprint density at radius 2 is 1.88 bits per heavy atom. The molecular weight excluding hydrogens is 399 g/mol. The summed E-state index contributed by atoms with van der Waals surface area (Å²) in [4.78, 5) is 15.5. The Kier molecular flexibility index (Phi) is 5.11. The Morgan fingerprint density at radius 1 is 1.15 bits per heavy atom. The molecule has 134 valence electrons. The highest BCUT2D eigenvalue weighted by atomic mass is 32.2. The molecule has 0 amide bonds. The van der Waals surface area contributed by atoms with E-state index in [1.54, 1.807) is 24.3 Å². The van der Waals surface area contributed by atoms with E-state index in [1.165, 1.54) is 17.5 Å². The third-order valence-electron chi connectivity index (χ3n) is 3.12. The van der Waals surface area contributed by atoms with Crippen molar-refractivity contribution in [1.82, 2.24) is 8.96 Å².